The van der Waals surface area contributed by atoms with Crippen molar-refractivity contribution in [1.29, 1.82) is 0 Å². The first-order valence-electron chi connectivity index (χ1n) is 11.1. The highest BCUT2D eigenvalue weighted by molar-refractivity contribution is 5.83. The van der Waals surface area contributed by atoms with Gasteiger partial charge in [0.1, 0.15) is 5.60 Å². The number of aliphatic imine (C=N–C) groups is 1. The number of nitrogens with one attached hydrogen (secondary N) is 3. The van der Waals surface area contributed by atoms with Crippen LogP contribution in [0.1, 0.15) is 26.3 Å². The fourth-order valence-electron chi connectivity index (χ4n) is 3.69. The molecule has 2 aromatic rings. The minimum atomic E-state index is -0.449. The number of amides is 1. The van der Waals surface area contributed by atoms with E-state index >= 15 is 0 Å². The van der Waals surface area contributed by atoms with E-state index in [0.29, 0.717) is 13.1 Å². The Morgan fingerprint density at radius 1 is 1.13 bits per heavy atom. The van der Waals surface area contributed by atoms with Crippen molar-refractivity contribution in [3.8, 4) is 0 Å². The molecule has 0 unspecified atom stereocenters. The lowest BCUT2D eigenvalue weighted by Crippen LogP contribution is -2.51. The molecule has 8 nitrogen and oxygen atoms in total. The molecule has 1 aliphatic heterocycles. The first-order chi connectivity index (χ1) is 14.9. The van der Waals surface area contributed by atoms with Crippen LogP contribution in [0.3, 0.4) is 0 Å². The molecule has 0 atom stereocenters. The Balaban J connectivity index is 1.33. The lowest BCUT2D eigenvalue weighted by Gasteiger charge is -2.35. The number of guanidine groups is 1. The van der Waals surface area contributed by atoms with Crippen molar-refractivity contribution in [3.63, 3.8) is 0 Å². The molecule has 1 aromatic heterocycles. The van der Waals surface area contributed by atoms with E-state index in [1.807, 2.05) is 26.8 Å². The zero-order valence-electron chi connectivity index (χ0n) is 19.2. The number of nitrogens with zero attached hydrogens (tertiary/aromatic N) is 3. The fourth-order valence-corrected chi connectivity index (χ4v) is 3.69. The van der Waals surface area contributed by atoms with Gasteiger partial charge < -0.3 is 25.3 Å². The summed E-state index contributed by atoms with van der Waals surface area (Å²) in [6.45, 7) is 11.3. The number of aromatic amines is 1. The van der Waals surface area contributed by atoms with Gasteiger partial charge in [-0.2, -0.15) is 0 Å². The number of piperazine rings is 1. The van der Waals surface area contributed by atoms with Gasteiger partial charge in [-0.3, -0.25) is 9.89 Å². The number of hydrogen-bond donors (Lipinski definition) is 3. The summed E-state index contributed by atoms with van der Waals surface area (Å²) in [6, 6.07) is 8.36. The minimum absolute atomic E-state index is 0.218. The molecule has 31 heavy (non-hydrogen) atoms. The summed E-state index contributed by atoms with van der Waals surface area (Å²) in [5, 5.41) is 8.05. The van der Waals surface area contributed by atoms with Gasteiger partial charge in [0.05, 0.1) is 0 Å². The van der Waals surface area contributed by atoms with Gasteiger partial charge >= 0.3 is 6.09 Å². The second kappa shape index (κ2) is 10.5. The van der Waals surface area contributed by atoms with Crippen LogP contribution in [0.15, 0.2) is 35.5 Å². The van der Waals surface area contributed by atoms with Crippen LogP contribution in [-0.4, -0.2) is 85.3 Å². The predicted octanol–water partition coefficient (Wildman–Crippen LogP) is 2.43. The normalized spacial score (nSPS) is 15.9. The predicted molar refractivity (Wildman–Crippen MR) is 126 cm³/mol. The van der Waals surface area contributed by atoms with Crippen LogP contribution in [-0.2, 0) is 11.2 Å². The molecule has 170 valence electrons. The monoisotopic (exact) mass is 428 g/mol. The van der Waals surface area contributed by atoms with Gasteiger partial charge in [0.15, 0.2) is 5.96 Å². The summed E-state index contributed by atoms with van der Waals surface area (Å²) in [5.74, 6) is 0.812. The Hall–Kier alpha value is -2.74. The number of rotatable bonds is 6. The number of carbonyl (C=O) groups excluding carboxylic acids is 1. The SMILES string of the molecule is CN=C(NCCc1c[nH]c2ccccc12)NCCN1CCN(C(=O)OC(C)(C)C)CC1. The number of ether oxygens (including phenoxy) is 1. The maximum atomic E-state index is 12.2. The summed E-state index contributed by atoms with van der Waals surface area (Å²) in [5.41, 5.74) is 2.03. The van der Waals surface area contributed by atoms with Gasteiger partial charge in [0, 0.05) is 70.0 Å². The zero-order valence-corrected chi connectivity index (χ0v) is 19.2. The summed E-state index contributed by atoms with van der Waals surface area (Å²) in [7, 11) is 1.79. The van der Waals surface area contributed by atoms with Crippen molar-refractivity contribution in [1.82, 2.24) is 25.4 Å². The quantitative estimate of drug-likeness (QED) is 0.486. The number of para-hydroxylation sites is 1. The standard InChI is InChI=1S/C23H36N6O2/c1-23(2,3)31-22(30)29-15-13-28(14-16-29)12-11-26-21(24-4)25-10-9-18-17-27-20-8-6-5-7-19(18)20/h5-8,17,27H,9-16H2,1-4H3,(H2,24,25,26). The third-order valence-corrected chi connectivity index (χ3v) is 5.33. The zero-order chi connectivity index (χ0) is 22.3. The van der Waals surface area contributed by atoms with Crippen molar-refractivity contribution in [2.24, 2.45) is 4.99 Å². The molecule has 1 aliphatic rings. The molecule has 1 saturated heterocycles. The van der Waals surface area contributed by atoms with Crippen LogP contribution in [0.25, 0.3) is 10.9 Å². The first kappa shape index (κ1) is 22.9. The molecule has 3 rings (SSSR count). The van der Waals surface area contributed by atoms with Crippen molar-refractivity contribution >= 4 is 23.0 Å². The van der Waals surface area contributed by atoms with Crippen molar-refractivity contribution < 1.29 is 9.53 Å². The van der Waals surface area contributed by atoms with Crippen molar-refractivity contribution in [3.05, 3.63) is 36.0 Å². The highest BCUT2D eigenvalue weighted by Crippen LogP contribution is 2.17. The highest BCUT2D eigenvalue weighted by atomic mass is 16.6. The van der Waals surface area contributed by atoms with E-state index in [-0.39, 0.29) is 6.09 Å². The van der Waals surface area contributed by atoms with E-state index < -0.39 is 5.60 Å². The molecule has 2 heterocycles. The summed E-state index contributed by atoms with van der Waals surface area (Å²) >= 11 is 0. The molecule has 8 heteroatoms. The minimum Gasteiger partial charge on any atom is -0.444 e. The van der Waals surface area contributed by atoms with E-state index in [4.69, 9.17) is 4.74 Å². The number of benzene rings is 1. The molecule has 0 saturated carbocycles. The third-order valence-electron chi connectivity index (χ3n) is 5.33. The smallest absolute Gasteiger partial charge is 0.410 e. The summed E-state index contributed by atoms with van der Waals surface area (Å²) in [6.07, 6.45) is 2.79. The maximum Gasteiger partial charge on any atom is 0.410 e. The van der Waals surface area contributed by atoms with Crippen LogP contribution in [0.4, 0.5) is 4.79 Å². The highest BCUT2D eigenvalue weighted by Gasteiger charge is 2.25. The Kier molecular flexibility index (Phi) is 7.79. The molecule has 0 spiro atoms. The molecule has 1 aromatic carbocycles. The number of fused-ring (bicyclic) bond motifs is 1. The second-order valence-electron chi connectivity index (χ2n) is 8.84. The van der Waals surface area contributed by atoms with Crippen molar-refractivity contribution in [2.45, 2.75) is 32.8 Å². The van der Waals surface area contributed by atoms with E-state index in [1.165, 1.54) is 16.5 Å². The fraction of sp³-hybridized carbons (Fsp3) is 0.565. The maximum absolute atomic E-state index is 12.2. The van der Waals surface area contributed by atoms with Crippen molar-refractivity contribution in [2.75, 3.05) is 52.9 Å². The van der Waals surface area contributed by atoms with Crippen LogP contribution in [0, 0.1) is 0 Å². The summed E-state index contributed by atoms with van der Waals surface area (Å²) in [4.78, 5) is 24.0. The molecule has 0 aliphatic carbocycles. The number of aromatic nitrogens is 1. The largest absolute Gasteiger partial charge is 0.444 e. The lowest BCUT2D eigenvalue weighted by atomic mass is 10.1. The summed E-state index contributed by atoms with van der Waals surface area (Å²) < 4.78 is 5.46. The average molecular weight is 429 g/mol. The Bertz CT molecular complexity index is 878. The van der Waals surface area contributed by atoms with Crippen LogP contribution in [0.2, 0.25) is 0 Å². The van der Waals surface area contributed by atoms with Gasteiger partial charge in [-0.1, -0.05) is 18.2 Å². The number of H-pyrrole nitrogens is 1. The molecule has 1 amide bonds. The number of hydrogen-bond acceptors (Lipinski definition) is 4. The Labute approximate surface area is 185 Å². The Morgan fingerprint density at radius 2 is 1.84 bits per heavy atom. The Morgan fingerprint density at radius 3 is 2.55 bits per heavy atom. The lowest BCUT2D eigenvalue weighted by molar-refractivity contribution is 0.0147. The second-order valence-corrected chi connectivity index (χ2v) is 8.84. The molecule has 0 bridgehead atoms. The van der Waals surface area contributed by atoms with Gasteiger partial charge in [0.25, 0.3) is 0 Å². The molecule has 3 N–H and O–H groups in total. The van der Waals surface area contributed by atoms with Crippen LogP contribution < -0.4 is 10.6 Å². The third kappa shape index (κ3) is 6.89. The van der Waals surface area contributed by atoms with E-state index in [2.05, 4.69) is 49.9 Å². The van der Waals surface area contributed by atoms with E-state index in [1.54, 1.807) is 11.9 Å². The topological polar surface area (TPSA) is 85.0 Å². The molecular weight excluding hydrogens is 392 g/mol. The van der Waals surface area contributed by atoms with E-state index in [9.17, 15) is 4.79 Å². The first-order valence-corrected chi connectivity index (χ1v) is 11.1. The van der Waals surface area contributed by atoms with Gasteiger partial charge in [-0.15, -0.1) is 0 Å². The number of carbonyl (C=O) groups is 1. The average Bonchev–Trinajstić information content (AvgIpc) is 3.15. The molecular formula is C23H36N6O2. The van der Waals surface area contributed by atoms with Crippen LogP contribution in [0.5, 0.6) is 0 Å². The van der Waals surface area contributed by atoms with Crippen LogP contribution >= 0.6 is 0 Å². The van der Waals surface area contributed by atoms with E-state index in [0.717, 1.165) is 45.1 Å². The molecule has 1 fully saturated rings. The van der Waals surface area contributed by atoms with Gasteiger partial charge in [-0.05, 0) is 38.8 Å². The molecule has 0 radical (unpaired) electrons. The van der Waals surface area contributed by atoms with Gasteiger partial charge in [0.2, 0.25) is 0 Å². The van der Waals surface area contributed by atoms with Gasteiger partial charge in [-0.25, -0.2) is 4.79 Å².